The molecule has 0 saturated heterocycles. The summed E-state index contributed by atoms with van der Waals surface area (Å²) in [5.41, 5.74) is -0.494. The third-order valence-electron chi connectivity index (χ3n) is 3.33. The van der Waals surface area contributed by atoms with Crippen LogP contribution in [0, 0.1) is 5.92 Å². The van der Waals surface area contributed by atoms with Crippen LogP contribution in [0.5, 0.6) is 0 Å². The van der Waals surface area contributed by atoms with Crippen molar-refractivity contribution in [2.75, 3.05) is 19.8 Å². The molecular formula is C13H24F3NO2. The molecule has 2 N–H and O–H groups in total. The molecule has 3 nitrogen and oxygen atoms in total. The van der Waals surface area contributed by atoms with E-state index in [1.807, 2.05) is 13.8 Å². The Kier molecular flexibility index (Phi) is 6.08. The van der Waals surface area contributed by atoms with E-state index in [9.17, 15) is 18.3 Å². The first kappa shape index (κ1) is 16.7. The lowest BCUT2D eigenvalue weighted by atomic mass is 9.94. The summed E-state index contributed by atoms with van der Waals surface area (Å²) in [6.07, 6.45) is -2.90. The summed E-state index contributed by atoms with van der Waals surface area (Å²) in [4.78, 5) is 0. The van der Waals surface area contributed by atoms with Gasteiger partial charge in [0.15, 0.2) is 0 Å². The molecule has 1 unspecified atom stereocenters. The van der Waals surface area contributed by atoms with Crippen molar-refractivity contribution >= 4 is 0 Å². The molecule has 0 amide bonds. The highest BCUT2D eigenvalue weighted by Crippen LogP contribution is 2.40. The van der Waals surface area contributed by atoms with Gasteiger partial charge in [-0.1, -0.05) is 13.8 Å². The smallest absolute Gasteiger partial charge is 0.389 e. The van der Waals surface area contributed by atoms with Crippen LogP contribution in [0.4, 0.5) is 13.2 Å². The van der Waals surface area contributed by atoms with Crippen molar-refractivity contribution in [1.29, 1.82) is 0 Å². The van der Waals surface area contributed by atoms with Crippen LogP contribution in [0.25, 0.3) is 0 Å². The molecule has 1 saturated carbocycles. The molecule has 0 radical (unpaired) electrons. The molecule has 0 aromatic rings. The van der Waals surface area contributed by atoms with Crippen molar-refractivity contribution in [2.45, 2.75) is 57.3 Å². The van der Waals surface area contributed by atoms with Gasteiger partial charge in [-0.25, -0.2) is 0 Å². The number of halogens is 3. The van der Waals surface area contributed by atoms with Gasteiger partial charge in [0.05, 0.1) is 18.8 Å². The van der Waals surface area contributed by atoms with Gasteiger partial charge in [-0.05, 0) is 25.2 Å². The zero-order valence-corrected chi connectivity index (χ0v) is 11.6. The fourth-order valence-electron chi connectivity index (χ4n) is 2.34. The molecule has 6 heteroatoms. The molecule has 0 bridgehead atoms. The van der Waals surface area contributed by atoms with E-state index < -0.39 is 18.1 Å². The summed E-state index contributed by atoms with van der Waals surface area (Å²) >= 11 is 0. The molecule has 1 aliphatic rings. The van der Waals surface area contributed by atoms with Crippen LogP contribution >= 0.6 is 0 Å². The minimum atomic E-state index is -4.12. The predicted molar refractivity (Wildman–Crippen MR) is 66.9 cm³/mol. The van der Waals surface area contributed by atoms with Gasteiger partial charge >= 0.3 is 6.18 Å². The zero-order valence-electron chi connectivity index (χ0n) is 11.6. The first-order chi connectivity index (χ1) is 8.79. The number of aliphatic hydroxyl groups excluding tert-OH is 1. The normalized spacial score (nSPS) is 19.7. The summed E-state index contributed by atoms with van der Waals surface area (Å²) < 4.78 is 41.3. The highest BCUT2D eigenvalue weighted by Gasteiger charge is 2.45. The minimum absolute atomic E-state index is 0.0304. The van der Waals surface area contributed by atoms with Crippen molar-refractivity contribution in [2.24, 2.45) is 5.92 Å². The first-order valence-electron chi connectivity index (χ1n) is 6.82. The van der Waals surface area contributed by atoms with Gasteiger partial charge in [0.25, 0.3) is 0 Å². The predicted octanol–water partition coefficient (Wildman–Crippen LogP) is 2.48. The van der Waals surface area contributed by atoms with Gasteiger partial charge in [0.2, 0.25) is 0 Å². The minimum Gasteiger partial charge on any atom is -0.394 e. The van der Waals surface area contributed by atoms with Crippen molar-refractivity contribution in [3.8, 4) is 0 Å². The van der Waals surface area contributed by atoms with E-state index in [1.54, 1.807) is 0 Å². The Morgan fingerprint density at radius 3 is 2.37 bits per heavy atom. The van der Waals surface area contributed by atoms with Gasteiger partial charge in [-0.3, -0.25) is 0 Å². The molecule has 0 aromatic heterocycles. The van der Waals surface area contributed by atoms with E-state index in [1.165, 1.54) is 0 Å². The van der Waals surface area contributed by atoms with Crippen LogP contribution in [-0.4, -0.2) is 42.7 Å². The van der Waals surface area contributed by atoms with Gasteiger partial charge in [-0.2, -0.15) is 13.2 Å². The van der Waals surface area contributed by atoms with Gasteiger partial charge < -0.3 is 15.2 Å². The van der Waals surface area contributed by atoms with Crippen molar-refractivity contribution in [3.05, 3.63) is 0 Å². The Bertz CT molecular complexity index is 267. The third-order valence-corrected chi connectivity index (χ3v) is 3.33. The average Bonchev–Trinajstić information content (AvgIpc) is 3.08. The third kappa shape index (κ3) is 6.10. The Hall–Kier alpha value is -0.330. The lowest BCUT2D eigenvalue weighted by molar-refractivity contribution is -0.138. The number of hydrogen-bond acceptors (Lipinski definition) is 3. The Labute approximate surface area is 112 Å². The number of ether oxygens (including phenoxy) is 1. The first-order valence-corrected chi connectivity index (χ1v) is 6.82. The maximum Gasteiger partial charge on any atom is 0.389 e. The molecule has 1 aliphatic carbocycles. The summed E-state index contributed by atoms with van der Waals surface area (Å²) in [7, 11) is 0. The number of hydrogen-bond donors (Lipinski definition) is 2. The number of alkyl halides is 3. The van der Waals surface area contributed by atoms with Crippen LogP contribution in [0.3, 0.4) is 0 Å². The standard InChI is InChI=1S/C13H24F3NO2/c1-10(2)17-12(8-18,11-4-5-11)9-19-7-3-6-13(14,15)16/h10-11,17-18H,3-9H2,1-2H3. The largest absolute Gasteiger partial charge is 0.394 e. The van der Waals surface area contributed by atoms with E-state index in [2.05, 4.69) is 5.32 Å². The average molecular weight is 283 g/mol. The van der Waals surface area contributed by atoms with E-state index >= 15 is 0 Å². The fraction of sp³-hybridized carbons (Fsp3) is 1.00. The van der Waals surface area contributed by atoms with Crippen LogP contribution in [0.1, 0.15) is 39.5 Å². The summed E-state index contributed by atoms with van der Waals surface area (Å²) in [6.45, 7) is 4.26. The highest BCUT2D eigenvalue weighted by atomic mass is 19.4. The second kappa shape index (κ2) is 6.90. The highest BCUT2D eigenvalue weighted by molar-refractivity contribution is 5.01. The Balaban J connectivity index is 2.33. The Morgan fingerprint density at radius 1 is 1.32 bits per heavy atom. The number of aliphatic hydroxyl groups is 1. The molecule has 0 heterocycles. The lowest BCUT2D eigenvalue weighted by Crippen LogP contribution is -2.56. The molecular weight excluding hydrogens is 259 g/mol. The molecule has 19 heavy (non-hydrogen) atoms. The van der Waals surface area contributed by atoms with Gasteiger partial charge in [-0.15, -0.1) is 0 Å². The molecule has 1 atom stereocenters. The molecule has 0 spiro atoms. The molecule has 114 valence electrons. The van der Waals surface area contributed by atoms with Crippen molar-refractivity contribution in [3.63, 3.8) is 0 Å². The summed E-state index contributed by atoms with van der Waals surface area (Å²) in [6, 6.07) is 0.200. The Morgan fingerprint density at radius 2 is 1.95 bits per heavy atom. The summed E-state index contributed by atoms with van der Waals surface area (Å²) in [5, 5.41) is 12.9. The van der Waals surface area contributed by atoms with Crippen LogP contribution in [-0.2, 0) is 4.74 Å². The van der Waals surface area contributed by atoms with Crippen LogP contribution in [0.2, 0.25) is 0 Å². The van der Waals surface area contributed by atoms with Crippen LogP contribution < -0.4 is 5.32 Å². The quantitative estimate of drug-likeness (QED) is 0.639. The second-order valence-corrected chi connectivity index (χ2v) is 5.66. The molecule has 0 aromatic carbocycles. The monoisotopic (exact) mass is 283 g/mol. The topological polar surface area (TPSA) is 41.5 Å². The zero-order chi connectivity index (χ0) is 14.5. The van der Waals surface area contributed by atoms with E-state index in [0.29, 0.717) is 5.92 Å². The second-order valence-electron chi connectivity index (χ2n) is 5.66. The van der Waals surface area contributed by atoms with Crippen molar-refractivity contribution < 1.29 is 23.0 Å². The maximum atomic E-state index is 12.0. The maximum absolute atomic E-state index is 12.0. The molecule has 1 fully saturated rings. The van der Waals surface area contributed by atoms with E-state index in [-0.39, 0.29) is 32.3 Å². The SMILES string of the molecule is CC(C)NC(CO)(COCCCC(F)(F)F)C1CC1. The fourth-order valence-corrected chi connectivity index (χ4v) is 2.34. The van der Waals surface area contributed by atoms with Crippen LogP contribution in [0.15, 0.2) is 0 Å². The van der Waals surface area contributed by atoms with Gasteiger partial charge in [0.1, 0.15) is 0 Å². The molecule has 0 aliphatic heterocycles. The number of rotatable bonds is 9. The number of nitrogens with one attached hydrogen (secondary N) is 1. The van der Waals surface area contributed by atoms with E-state index in [0.717, 1.165) is 12.8 Å². The molecule has 1 rings (SSSR count). The van der Waals surface area contributed by atoms with Crippen molar-refractivity contribution in [1.82, 2.24) is 5.32 Å². The summed E-state index contributed by atoms with van der Waals surface area (Å²) in [5.74, 6) is 0.363. The van der Waals surface area contributed by atoms with E-state index in [4.69, 9.17) is 4.74 Å². The van der Waals surface area contributed by atoms with Gasteiger partial charge in [0, 0.05) is 19.1 Å². The lowest BCUT2D eigenvalue weighted by Gasteiger charge is -2.35.